The van der Waals surface area contributed by atoms with Crippen LogP contribution in [0.2, 0.25) is 5.02 Å². The molecule has 0 bridgehead atoms. The topological polar surface area (TPSA) is 31.4 Å². The highest BCUT2D eigenvalue weighted by Gasteiger charge is 2.04. The molecule has 0 amide bonds. The van der Waals surface area contributed by atoms with Gasteiger partial charge in [0.15, 0.2) is 0 Å². The Morgan fingerprint density at radius 1 is 0.957 bits per heavy atom. The van der Waals surface area contributed by atoms with Crippen molar-refractivity contribution in [2.45, 2.75) is 13.8 Å². The first-order valence-electron chi connectivity index (χ1n) is 7.51. The van der Waals surface area contributed by atoms with Crippen LogP contribution in [0.5, 0.6) is 11.5 Å². The lowest BCUT2D eigenvalue weighted by molar-refractivity contribution is 0.218. The number of hydrogen-bond donors (Lipinski definition) is 0. The fourth-order valence-electron chi connectivity index (χ4n) is 2.35. The minimum Gasteiger partial charge on any atom is -0.490 e. The Bertz CT molecular complexity index is 833. The molecule has 23 heavy (non-hydrogen) atoms. The smallest absolute Gasteiger partial charge is 0.145 e. The zero-order valence-electron chi connectivity index (χ0n) is 13.2. The molecule has 0 aliphatic rings. The maximum atomic E-state index is 6.00. The van der Waals surface area contributed by atoms with E-state index in [1.807, 2.05) is 56.3 Å². The Morgan fingerprint density at radius 2 is 1.78 bits per heavy atom. The minimum atomic E-state index is 0.455. The summed E-state index contributed by atoms with van der Waals surface area (Å²) in [5.41, 5.74) is 2.86. The number of aromatic nitrogens is 1. The van der Waals surface area contributed by atoms with E-state index in [-0.39, 0.29) is 0 Å². The number of ether oxygens (including phenoxy) is 2. The second-order valence-corrected chi connectivity index (χ2v) is 5.80. The number of halogens is 1. The van der Waals surface area contributed by atoms with Crippen LogP contribution in [0.3, 0.4) is 0 Å². The third-order valence-electron chi connectivity index (χ3n) is 3.56. The molecule has 0 aliphatic carbocycles. The molecule has 0 saturated heterocycles. The van der Waals surface area contributed by atoms with Gasteiger partial charge in [-0.1, -0.05) is 29.8 Å². The average molecular weight is 328 g/mol. The van der Waals surface area contributed by atoms with Crippen LogP contribution < -0.4 is 9.47 Å². The van der Waals surface area contributed by atoms with Gasteiger partial charge in [-0.15, -0.1) is 0 Å². The van der Waals surface area contributed by atoms with Crippen molar-refractivity contribution >= 4 is 22.5 Å². The highest BCUT2D eigenvalue weighted by molar-refractivity contribution is 6.31. The Labute approximate surface area is 140 Å². The highest BCUT2D eigenvalue weighted by atomic mass is 35.5. The molecule has 1 aromatic heterocycles. The van der Waals surface area contributed by atoms with Crippen molar-refractivity contribution in [3.05, 3.63) is 64.8 Å². The number of nitrogens with zero attached hydrogens (tertiary/aromatic N) is 1. The lowest BCUT2D eigenvalue weighted by Crippen LogP contribution is -2.09. The second-order valence-electron chi connectivity index (χ2n) is 5.39. The maximum Gasteiger partial charge on any atom is 0.145 e. The number of para-hydroxylation sites is 1. The summed E-state index contributed by atoms with van der Waals surface area (Å²) in [6.45, 7) is 4.84. The summed E-state index contributed by atoms with van der Waals surface area (Å²) in [6, 6.07) is 15.6. The summed E-state index contributed by atoms with van der Waals surface area (Å²) in [4.78, 5) is 4.55. The van der Waals surface area contributed by atoms with E-state index in [1.165, 1.54) is 0 Å². The van der Waals surface area contributed by atoms with Crippen molar-refractivity contribution in [1.29, 1.82) is 0 Å². The molecule has 0 unspecified atom stereocenters. The molecule has 0 N–H and O–H groups in total. The molecule has 3 nitrogen and oxygen atoms in total. The highest BCUT2D eigenvalue weighted by Crippen LogP contribution is 2.24. The molecular formula is C19H18ClNO2. The van der Waals surface area contributed by atoms with E-state index >= 15 is 0 Å². The van der Waals surface area contributed by atoms with E-state index in [0.29, 0.717) is 13.2 Å². The summed E-state index contributed by atoms with van der Waals surface area (Å²) >= 11 is 6.00. The number of hydrogen-bond acceptors (Lipinski definition) is 3. The second kappa shape index (κ2) is 6.88. The van der Waals surface area contributed by atoms with E-state index in [0.717, 1.165) is 38.7 Å². The molecule has 4 heteroatoms. The van der Waals surface area contributed by atoms with Crippen molar-refractivity contribution in [3.8, 4) is 11.5 Å². The number of aryl methyl sites for hydroxylation is 2. The summed E-state index contributed by atoms with van der Waals surface area (Å²) < 4.78 is 11.5. The Balaban J connectivity index is 1.62. The number of benzene rings is 2. The van der Waals surface area contributed by atoms with E-state index < -0.39 is 0 Å². The first kappa shape index (κ1) is 15.6. The Hall–Kier alpha value is -2.26. The van der Waals surface area contributed by atoms with Gasteiger partial charge in [-0.2, -0.15) is 0 Å². The van der Waals surface area contributed by atoms with Gasteiger partial charge in [0.05, 0.1) is 0 Å². The van der Waals surface area contributed by atoms with Crippen LogP contribution >= 0.6 is 11.6 Å². The monoisotopic (exact) mass is 327 g/mol. The zero-order chi connectivity index (χ0) is 16.2. The van der Waals surface area contributed by atoms with E-state index in [4.69, 9.17) is 21.1 Å². The van der Waals surface area contributed by atoms with Crippen LogP contribution in [0.1, 0.15) is 11.3 Å². The molecule has 1 heterocycles. The van der Waals surface area contributed by atoms with Gasteiger partial charge in [0.2, 0.25) is 0 Å². The van der Waals surface area contributed by atoms with E-state index in [1.54, 1.807) is 0 Å². The molecule has 2 aromatic carbocycles. The van der Waals surface area contributed by atoms with E-state index in [2.05, 4.69) is 11.1 Å². The van der Waals surface area contributed by atoms with Gasteiger partial charge in [-0.05, 0) is 49.7 Å². The van der Waals surface area contributed by atoms with Crippen LogP contribution in [0, 0.1) is 13.8 Å². The van der Waals surface area contributed by atoms with Crippen molar-refractivity contribution in [1.82, 2.24) is 4.98 Å². The predicted octanol–water partition coefficient (Wildman–Crippen LogP) is 4.96. The van der Waals surface area contributed by atoms with Crippen LogP contribution in [0.25, 0.3) is 10.9 Å². The van der Waals surface area contributed by atoms with Gasteiger partial charge < -0.3 is 9.47 Å². The molecular weight excluding hydrogens is 310 g/mol. The number of rotatable bonds is 5. The molecule has 3 rings (SSSR count). The third-order valence-corrected chi connectivity index (χ3v) is 3.99. The third kappa shape index (κ3) is 3.74. The first-order chi connectivity index (χ1) is 11.1. The quantitative estimate of drug-likeness (QED) is 0.620. The SMILES string of the molecule is Cc1ccc2cccc(OCCOc3ccc(Cl)c(C)c3)c2n1. The van der Waals surface area contributed by atoms with Gasteiger partial charge >= 0.3 is 0 Å². The molecule has 0 radical (unpaired) electrons. The normalized spacial score (nSPS) is 10.7. The van der Waals surface area contributed by atoms with Crippen molar-refractivity contribution in [2.24, 2.45) is 0 Å². The van der Waals surface area contributed by atoms with Crippen LogP contribution in [0.4, 0.5) is 0 Å². The summed E-state index contributed by atoms with van der Waals surface area (Å²) in [5, 5.41) is 1.81. The van der Waals surface area contributed by atoms with Gasteiger partial charge in [-0.25, -0.2) is 4.98 Å². The standard InChI is InChI=1S/C19H18ClNO2/c1-13-12-16(8-9-17(13)20)22-10-11-23-18-5-3-4-15-7-6-14(2)21-19(15)18/h3-9,12H,10-11H2,1-2H3. The lowest BCUT2D eigenvalue weighted by Gasteiger charge is -2.11. The fourth-order valence-corrected chi connectivity index (χ4v) is 2.47. The molecule has 0 saturated carbocycles. The molecule has 0 spiro atoms. The minimum absolute atomic E-state index is 0.455. The Kier molecular flexibility index (Phi) is 4.68. The van der Waals surface area contributed by atoms with Crippen molar-refractivity contribution in [2.75, 3.05) is 13.2 Å². The van der Waals surface area contributed by atoms with Gasteiger partial charge in [-0.3, -0.25) is 0 Å². The number of pyridine rings is 1. The molecule has 3 aromatic rings. The molecule has 0 aliphatic heterocycles. The molecule has 118 valence electrons. The average Bonchev–Trinajstić information content (AvgIpc) is 2.55. The largest absolute Gasteiger partial charge is 0.490 e. The van der Waals surface area contributed by atoms with Gasteiger partial charge in [0.1, 0.15) is 30.2 Å². The van der Waals surface area contributed by atoms with Gasteiger partial charge in [0.25, 0.3) is 0 Å². The number of fused-ring (bicyclic) bond motifs is 1. The summed E-state index contributed by atoms with van der Waals surface area (Å²) in [5.74, 6) is 1.57. The van der Waals surface area contributed by atoms with Crippen LogP contribution in [0.15, 0.2) is 48.5 Å². The van der Waals surface area contributed by atoms with Crippen LogP contribution in [-0.4, -0.2) is 18.2 Å². The lowest BCUT2D eigenvalue weighted by atomic mass is 10.2. The first-order valence-corrected chi connectivity index (χ1v) is 7.89. The Morgan fingerprint density at radius 3 is 2.61 bits per heavy atom. The predicted molar refractivity (Wildman–Crippen MR) is 93.7 cm³/mol. The fraction of sp³-hybridized carbons (Fsp3) is 0.211. The molecule has 0 atom stereocenters. The van der Waals surface area contributed by atoms with Gasteiger partial charge in [0, 0.05) is 16.1 Å². The maximum absolute atomic E-state index is 6.00. The molecule has 0 fully saturated rings. The zero-order valence-corrected chi connectivity index (χ0v) is 13.9. The summed E-state index contributed by atoms with van der Waals surface area (Å²) in [7, 11) is 0. The van der Waals surface area contributed by atoms with Crippen molar-refractivity contribution < 1.29 is 9.47 Å². The van der Waals surface area contributed by atoms with E-state index in [9.17, 15) is 0 Å². The summed E-state index contributed by atoms with van der Waals surface area (Å²) in [6.07, 6.45) is 0. The van der Waals surface area contributed by atoms with Crippen LogP contribution in [-0.2, 0) is 0 Å². The van der Waals surface area contributed by atoms with Crippen molar-refractivity contribution in [3.63, 3.8) is 0 Å².